The van der Waals surface area contributed by atoms with Crippen LogP contribution in [-0.4, -0.2) is 56.4 Å². The number of methoxy groups -OCH3 is 1. The van der Waals surface area contributed by atoms with Gasteiger partial charge in [0.25, 0.3) is 0 Å². The summed E-state index contributed by atoms with van der Waals surface area (Å²) in [7, 11) is 1.65. The number of rotatable bonds is 3. The summed E-state index contributed by atoms with van der Waals surface area (Å²) in [5.41, 5.74) is 7.15. The van der Waals surface area contributed by atoms with Crippen LogP contribution >= 0.6 is 0 Å². The summed E-state index contributed by atoms with van der Waals surface area (Å²) in [5, 5.41) is 0. The van der Waals surface area contributed by atoms with Crippen molar-refractivity contribution < 1.29 is 19.0 Å². The molecule has 3 aliphatic heterocycles. The van der Waals surface area contributed by atoms with Gasteiger partial charge < -0.3 is 24.8 Å². The molecule has 0 bridgehead atoms. The van der Waals surface area contributed by atoms with Gasteiger partial charge in [-0.3, -0.25) is 4.79 Å². The third-order valence-corrected chi connectivity index (χ3v) is 6.26. The Bertz CT molecular complexity index is 672. The molecule has 27 heavy (non-hydrogen) atoms. The van der Waals surface area contributed by atoms with E-state index in [1.54, 1.807) is 7.11 Å². The first-order chi connectivity index (χ1) is 13.1. The van der Waals surface area contributed by atoms with Gasteiger partial charge in [0, 0.05) is 25.7 Å². The molecule has 3 heterocycles. The molecule has 148 valence electrons. The molecule has 6 heteroatoms. The van der Waals surface area contributed by atoms with Crippen molar-refractivity contribution >= 4 is 5.91 Å². The Labute approximate surface area is 160 Å². The average Bonchev–Trinajstić information content (AvgIpc) is 2.72. The number of nitrogens with two attached hydrogens (primary N) is 1. The van der Waals surface area contributed by atoms with Crippen molar-refractivity contribution in [1.82, 2.24) is 4.90 Å². The molecule has 3 aliphatic rings. The highest BCUT2D eigenvalue weighted by Crippen LogP contribution is 2.33. The normalized spacial score (nSPS) is 29.0. The smallest absolute Gasteiger partial charge is 0.229 e. The summed E-state index contributed by atoms with van der Waals surface area (Å²) in [6.07, 6.45) is 4.90. The van der Waals surface area contributed by atoms with Crippen LogP contribution in [0, 0.1) is 11.8 Å². The van der Waals surface area contributed by atoms with Crippen molar-refractivity contribution in [2.24, 2.45) is 17.6 Å². The topological polar surface area (TPSA) is 74.0 Å². The maximum atomic E-state index is 13.0. The quantitative estimate of drug-likeness (QED) is 0.876. The maximum absolute atomic E-state index is 13.0. The zero-order valence-electron chi connectivity index (χ0n) is 16.1. The lowest BCUT2D eigenvalue weighted by molar-refractivity contribution is -0.139. The van der Waals surface area contributed by atoms with Gasteiger partial charge in [0.2, 0.25) is 5.91 Å². The van der Waals surface area contributed by atoms with Gasteiger partial charge in [-0.2, -0.15) is 0 Å². The standard InChI is InChI=1S/C21H30N2O4/c1-25-18-2-3-19-15(11-18)10-16(13-27-19)21(24)23-7-4-14(5-8-23)20-12-17(22)6-9-26-20/h2-3,11,14,16-17,20H,4-10,12-13,22H2,1H3. The minimum atomic E-state index is -0.111. The molecule has 0 aliphatic carbocycles. The number of fused-ring (bicyclic) bond motifs is 1. The number of carbonyl (C=O) groups is 1. The van der Waals surface area contributed by atoms with Gasteiger partial charge in [-0.05, 0) is 61.8 Å². The van der Waals surface area contributed by atoms with Gasteiger partial charge in [-0.1, -0.05) is 0 Å². The number of piperidine rings is 1. The summed E-state index contributed by atoms with van der Waals surface area (Å²) in [4.78, 5) is 15.0. The summed E-state index contributed by atoms with van der Waals surface area (Å²) in [5.74, 6) is 2.29. The lowest BCUT2D eigenvalue weighted by Crippen LogP contribution is -2.48. The Kier molecular flexibility index (Phi) is 5.55. The number of ether oxygens (including phenoxy) is 3. The maximum Gasteiger partial charge on any atom is 0.229 e. The first kappa shape index (κ1) is 18.6. The van der Waals surface area contributed by atoms with Crippen molar-refractivity contribution in [3.8, 4) is 11.5 Å². The predicted molar refractivity (Wildman–Crippen MR) is 102 cm³/mol. The fraction of sp³-hybridized carbons (Fsp3) is 0.667. The highest BCUT2D eigenvalue weighted by atomic mass is 16.5. The lowest BCUT2D eigenvalue weighted by Gasteiger charge is -2.40. The second-order valence-corrected chi connectivity index (χ2v) is 8.04. The number of benzene rings is 1. The second-order valence-electron chi connectivity index (χ2n) is 8.04. The van der Waals surface area contributed by atoms with Gasteiger partial charge in [-0.15, -0.1) is 0 Å². The Balaban J connectivity index is 1.33. The molecule has 0 saturated carbocycles. The van der Waals surface area contributed by atoms with E-state index < -0.39 is 0 Å². The van der Waals surface area contributed by atoms with Crippen LogP contribution in [0.15, 0.2) is 18.2 Å². The van der Waals surface area contributed by atoms with Crippen LogP contribution in [0.2, 0.25) is 0 Å². The van der Waals surface area contributed by atoms with E-state index in [1.165, 1.54) is 0 Å². The van der Waals surface area contributed by atoms with E-state index in [4.69, 9.17) is 19.9 Å². The van der Waals surface area contributed by atoms with E-state index in [0.29, 0.717) is 18.9 Å². The molecule has 0 aromatic heterocycles. The summed E-state index contributed by atoms with van der Waals surface area (Å²) >= 11 is 0. The van der Waals surface area contributed by atoms with Crippen LogP contribution in [0.4, 0.5) is 0 Å². The fourth-order valence-electron chi connectivity index (χ4n) is 4.59. The molecule has 4 rings (SSSR count). The average molecular weight is 374 g/mol. The molecule has 2 N–H and O–H groups in total. The SMILES string of the molecule is COc1ccc2c(c1)CC(C(=O)N1CCC(C3CC(N)CCO3)CC1)CO2. The van der Waals surface area contributed by atoms with Crippen molar-refractivity contribution in [2.45, 2.75) is 44.2 Å². The van der Waals surface area contributed by atoms with E-state index in [9.17, 15) is 4.79 Å². The predicted octanol–water partition coefficient (Wildman–Crippen LogP) is 1.99. The van der Waals surface area contributed by atoms with Crippen molar-refractivity contribution in [1.29, 1.82) is 0 Å². The molecular formula is C21H30N2O4. The third kappa shape index (κ3) is 4.06. The van der Waals surface area contributed by atoms with E-state index in [0.717, 1.165) is 62.4 Å². The largest absolute Gasteiger partial charge is 0.497 e. The van der Waals surface area contributed by atoms with Gasteiger partial charge in [0.1, 0.15) is 18.1 Å². The Morgan fingerprint density at radius 1 is 1.26 bits per heavy atom. The lowest BCUT2D eigenvalue weighted by atomic mass is 9.85. The molecule has 3 atom stereocenters. The molecule has 6 nitrogen and oxygen atoms in total. The van der Waals surface area contributed by atoms with Crippen molar-refractivity contribution in [3.05, 3.63) is 23.8 Å². The van der Waals surface area contributed by atoms with E-state index in [-0.39, 0.29) is 24.0 Å². The van der Waals surface area contributed by atoms with Gasteiger partial charge in [0.15, 0.2) is 0 Å². The number of nitrogens with zero attached hydrogens (tertiary/aromatic N) is 1. The molecule has 0 spiro atoms. The Morgan fingerprint density at radius 3 is 2.81 bits per heavy atom. The third-order valence-electron chi connectivity index (χ3n) is 6.26. The van der Waals surface area contributed by atoms with Gasteiger partial charge in [0.05, 0.1) is 19.1 Å². The molecule has 2 saturated heterocycles. The number of hydrogen-bond donors (Lipinski definition) is 1. The molecular weight excluding hydrogens is 344 g/mol. The summed E-state index contributed by atoms with van der Waals surface area (Å²) < 4.78 is 17.1. The molecule has 0 radical (unpaired) electrons. The van der Waals surface area contributed by atoms with Crippen LogP contribution in [-0.2, 0) is 16.0 Å². The second kappa shape index (κ2) is 8.07. The van der Waals surface area contributed by atoms with Gasteiger partial charge in [-0.25, -0.2) is 0 Å². The first-order valence-corrected chi connectivity index (χ1v) is 10.1. The summed E-state index contributed by atoms with van der Waals surface area (Å²) in [6.45, 7) is 2.84. The highest BCUT2D eigenvalue weighted by Gasteiger charge is 2.35. The molecule has 1 amide bonds. The number of carbonyl (C=O) groups excluding carboxylic acids is 1. The van der Waals surface area contributed by atoms with E-state index in [1.807, 2.05) is 23.1 Å². The molecule has 1 aromatic rings. The minimum absolute atomic E-state index is 0.111. The number of hydrogen-bond acceptors (Lipinski definition) is 5. The molecule has 1 aromatic carbocycles. The Morgan fingerprint density at radius 2 is 2.07 bits per heavy atom. The van der Waals surface area contributed by atoms with Crippen molar-refractivity contribution in [2.75, 3.05) is 33.4 Å². The zero-order chi connectivity index (χ0) is 18.8. The van der Waals surface area contributed by atoms with E-state index >= 15 is 0 Å². The number of likely N-dealkylation sites (tertiary alicyclic amines) is 1. The van der Waals surface area contributed by atoms with Crippen LogP contribution in [0.5, 0.6) is 11.5 Å². The zero-order valence-corrected chi connectivity index (χ0v) is 16.1. The van der Waals surface area contributed by atoms with Gasteiger partial charge >= 0.3 is 0 Å². The molecule has 2 fully saturated rings. The van der Waals surface area contributed by atoms with Crippen LogP contribution in [0.1, 0.15) is 31.2 Å². The van der Waals surface area contributed by atoms with Crippen LogP contribution < -0.4 is 15.2 Å². The number of amides is 1. The highest BCUT2D eigenvalue weighted by molar-refractivity contribution is 5.80. The first-order valence-electron chi connectivity index (χ1n) is 10.1. The molecule has 3 unspecified atom stereocenters. The van der Waals surface area contributed by atoms with Crippen LogP contribution in [0.25, 0.3) is 0 Å². The Hall–Kier alpha value is -1.79. The van der Waals surface area contributed by atoms with Crippen LogP contribution in [0.3, 0.4) is 0 Å². The fourth-order valence-corrected chi connectivity index (χ4v) is 4.59. The minimum Gasteiger partial charge on any atom is -0.497 e. The van der Waals surface area contributed by atoms with Crippen molar-refractivity contribution in [3.63, 3.8) is 0 Å². The summed E-state index contributed by atoms with van der Waals surface area (Å²) in [6, 6.07) is 6.06. The van der Waals surface area contributed by atoms with E-state index in [2.05, 4.69) is 0 Å². The monoisotopic (exact) mass is 374 g/mol.